The zero-order valence-corrected chi connectivity index (χ0v) is 19.5. The predicted octanol–water partition coefficient (Wildman–Crippen LogP) is 4.62. The van der Waals surface area contributed by atoms with Crippen molar-refractivity contribution in [2.45, 2.75) is 13.0 Å². The molecule has 10 nitrogen and oxygen atoms in total. The molecule has 0 bridgehead atoms. The van der Waals surface area contributed by atoms with Crippen molar-refractivity contribution in [1.29, 1.82) is 0 Å². The number of nitrogens with one attached hydrogen (secondary N) is 2. The number of benzene rings is 2. The van der Waals surface area contributed by atoms with Crippen molar-refractivity contribution in [2.24, 2.45) is 0 Å². The maximum Gasteiger partial charge on any atom is 0.259 e. The molecule has 0 aliphatic rings. The maximum atomic E-state index is 13.4. The largest absolute Gasteiger partial charge is 0.436 e. The van der Waals surface area contributed by atoms with Crippen molar-refractivity contribution in [3.63, 3.8) is 0 Å². The molecule has 5 aromatic rings. The fourth-order valence-corrected chi connectivity index (χ4v) is 3.59. The first kappa shape index (κ1) is 23.1. The summed E-state index contributed by atoms with van der Waals surface area (Å²) in [5.74, 6) is 0.993. The van der Waals surface area contributed by atoms with Gasteiger partial charge in [0.25, 0.3) is 11.4 Å². The molecule has 180 valence electrons. The van der Waals surface area contributed by atoms with Crippen LogP contribution in [0.3, 0.4) is 0 Å². The van der Waals surface area contributed by atoms with Gasteiger partial charge in [-0.05, 0) is 47.1 Å². The molecule has 0 spiro atoms. The second kappa shape index (κ2) is 10.3. The summed E-state index contributed by atoms with van der Waals surface area (Å²) in [6.45, 7) is 0.229. The Bertz CT molecular complexity index is 1510. The number of hydrogen-bond donors (Lipinski definition) is 2. The molecule has 0 aliphatic heterocycles. The summed E-state index contributed by atoms with van der Waals surface area (Å²) in [5.41, 5.74) is 1.87. The monoisotopic (exact) mass is 502 g/mol. The molecule has 3 aromatic heterocycles. The molecule has 3 heterocycles. The first-order valence-corrected chi connectivity index (χ1v) is 11.2. The molecule has 0 saturated heterocycles. The molecular weight excluding hydrogens is 484 g/mol. The Kier molecular flexibility index (Phi) is 6.59. The van der Waals surface area contributed by atoms with Crippen LogP contribution in [0.4, 0.5) is 11.6 Å². The molecule has 11 heteroatoms. The van der Waals surface area contributed by atoms with Crippen molar-refractivity contribution in [3.8, 4) is 11.6 Å². The van der Waals surface area contributed by atoms with E-state index in [9.17, 15) is 9.59 Å². The number of nitrogens with zero attached hydrogens (tertiary/aromatic N) is 4. The van der Waals surface area contributed by atoms with Crippen LogP contribution in [-0.2, 0) is 13.0 Å². The van der Waals surface area contributed by atoms with E-state index in [1.165, 1.54) is 29.4 Å². The van der Waals surface area contributed by atoms with Crippen LogP contribution in [0.15, 0.2) is 88.8 Å². The summed E-state index contributed by atoms with van der Waals surface area (Å²) in [5, 5.41) is 13.9. The Morgan fingerprint density at radius 1 is 1.08 bits per heavy atom. The Morgan fingerprint density at radius 2 is 1.89 bits per heavy atom. The summed E-state index contributed by atoms with van der Waals surface area (Å²) >= 11 is 6.02. The van der Waals surface area contributed by atoms with Gasteiger partial charge in [0.2, 0.25) is 5.95 Å². The summed E-state index contributed by atoms with van der Waals surface area (Å²) in [6, 6.07) is 15.8. The average Bonchev–Trinajstić information content (AvgIpc) is 3.60. The van der Waals surface area contributed by atoms with Gasteiger partial charge in [0.15, 0.2) is 5.78 Å². The van der Waals surface area contributed by atoms with E-state index < -0.39 is 0 Å². The molecule has 0 amide bonds. The van der Waals surface area contributed by atoms with Gasteiger partial charge in [-0.1, -0.05) is 23.7 Å². The third-order valence-corrected chi connectivity index (χ3v) is 5.54. The van der Waals surface area contributed by atoms with Gasteiger partial charge in [0.1, 0.15) is 12.0 Å². The minimum atomic E-state index is -0.328. The number of ether oxygens (including phenoxy) is 1. The Hall–Kier alpha value is -4.70. The number of carbonyl (C=O) groups is 1. The minimum absolute atomic E-state index is 0.0969. The topological polar surface area (TPSA) is 128 Å². The number of anilines is 2. The van der Waals surface area contributed by atoms with Gasteiger partial charge in [-0.15, -0.1) is 0 Å². The number of hydrogen-bond acceptors (Lipinski definition) is 8. The van der Waals surface area contributed by atoms with Crippen LogP contribution in [-0.4, -0.2) is 30.7 Å². The molecule has 0 saturated carbocycles. The first-order valence-electron chi connectivity index (χ1n) is 10.9. The maximum absolute atomic E-state index is 13.4. The van der Waals surface area contributed by atoms with Gasteiger partial charge >= 0.3 is 0 Å². The van der Waals surface area contributed by atoms with Gasteiger partial charge in [-0.2, -0.15) is 5.10 Å². The van der Waals surface area contributed by atoms with E-state index in [1.54, 1.807) is 42.5 Å². The number of Topliss-reactive ketones (excluding diaryl/α,β-unsaturated/α-hetero) is 1. The Balaban J connectivity index is 1.43. The molecule has 0 unspecified atom stereocenters. The molecule has 0 atom stereocenters. The van der Waals surface area contributed by atoms with Crippen molar-refractivity contribution in [1.82, 2.24) is 24.9 Å². The number of rotatable bonds is 9. The Labute approximate surface area is 209 Å². The molecule has 0 fully saturated rings. The average molecular weight is 503 g/mol. The minimum Gasteiger partial charge on any atom is -0.436 e. The van der Waals surface area contributed by atoms with Crippen molar-refractivity contribution in [3.05, 3.63) is 112 Å². The lowest BCUT2D eigenvalue weighted by molar-refractivity contribution is 0.0992. The van der Waals surface area contributed by atoms with Crippen LogP contribution in [0.5, 0.6) is 11.6 Å². The zero-order valence-electron chi connectivity index (χ0n) is 18.7. The van der Waals surface area contributed by atoms with Gasteiger partial charge < -0.3 is 14.6 Å². The molecule has 2 aromatic carbocycles. The van der Waals surface area contributed by atoms with Crippen LogP contribution >= 0.6 is 11.6 Å². The second-order valence-electron chi connectivity index (χ2n) is 7.80. The first-order chi connectivity index (χ1) is 17.5. The van der Waals surface area contributed by atoms with E-state index in [0.29, 0.717) is 33.9 Å². The third kappa shape index (κ3) is 5.34. The Morgan fingerprint density at radius 3 is 2.58 bits per heavy atom. The fourth-order valence-electron chi connectivity index (χ4n) is 3.46. The normalized spacial score (nSPS) is 10.8. The SMILES string of the molecule is O=C(Cc1cnc(Nc2ccc(Oc3ccon3)cc2)n(Cc2ccc(Cl)cc2)c1=O)c1cn[nH]c1. The third-order valence-electron chi connectivity index (χ3n) is 5.29. The van der Waals surface area contributed by atoms with E-state index in [0.717, 1.165) is 5.56 Å². The molecule has 0 radical (unpaired) electrons. The van der Waals surface area contributed by atoms with E-state index in [4.69, 9.17) is 20.9 Å². The van der Waals surface area contributed by atoms with Crippen LogP contribution in [0.1, 0.15) is 21.5 Å². The van der Waals surface area contributed by atoms with Crippen molar-refractivity contribution >= 4 is 29.0 Å². The van der Waals surface area contributed by atoms with Crippen LogP contribution in [0, 0.1) is 0 Å². The zero-order chi connectivity index (χ0) is 24.9. The quantitative estimate of drug-likeness (QED) is 0.279. The highest BCUT2D eigenvalue weighted by atomic mass is 35.5. The fraction of sp³-hybridized carbons (Fsp3) is 0.0800. The molecule has 36 heavy (non-hydrogen) atoms. The summed E-state index contributed by atoms with van der Waals surface area (Å²) in [7, 11) is 0. The molecule has 2 N–H and O–H groups in total. The number of carbonyl (C=O) groups excluding carboxylic acids is 1. The predicted molar refractivity (Wildman–Crippen MR) is 132 cm³/mol. The molecule has 5 rings (SSSR count). The van der Waals surface area contributed by atoms with E-state index in [-0.39, 0.29) is 29.9 Å². The van der Waals surface area contributed by atoms with Crippen molar-refractivity contribution in [2.75, 3.05) is 5.32 Å². The summed E-state index contributed by atoms with van der Waals surface area (Å²) in [6.07, 6.45) is 5.66. The van der Waals surface area contributed by atoms with Gasteiger partial charge in [-0.3, -0.25) is 19.3 Å². The second-order valence-corrected chi connectivity index (χ2v) is 8.24. The lowest BCUT2D eigenvalue weighted by Crippen LogP contribution is -2.28. The van der Waals surface area contributed by atoms with Crippen molar-refractivity contribution < 1.29 is 14.1 Å². The lowest BCUT2D eigenvalue weighted by atomic mass is 10.1. The summed E-state index contributed by atoms with van der Waals surface area (Å²) in [4.78, 5) is 30.5. The smallest absolute Gasteiger partial charge is 0.259 e. The molecule has 0 aliphatic carbocycles. The van der Waals surface area contributed by atoms with Gasteiger partial charge in [0, 0.05) is 41.2 Å². The van der Waals surface area contributed by atoms with E-state index >= 15 is 0 Å². The van der Waals surface area contributed by atoms with E-state index in [2.05, 4.69) is 25.7 Å². The number of halogens is 1. The molecular formula is C25H19ClN6O4. The highest BCUT2D eigenvalue weighted by molar-refractivity contribution is 6.30. The van der Waals surface area contributed by atoms with Gasteiger partial charge in [-0.25, -0.2) is 4.98 Å². The van der Waals surface area contributed by atoms with Crippen LogP contribution in [0.2, 0.25) is 5.02 Å². The number of aromatic nitrogens is 5. The van der Waals surface area contributed by atoms with Crippen LogP contribution < -0.4 is 15.6 Å². The van der Waals surface area contributed by atoms with E-state index in [1.807, 2.05) is 12.1 Å². The summed E-state index contributed by atoms with van der Waals surface area (Å²) < 4.78 is 11.8. The number of ketones is 1. The number of aromatic amines is 1. The highest BCUT2D eigenvalue weighted by Gasteiger charge is 2.16. The highest BCUT2D eigenvalue weighted by Crippen LogP contribution is 2.23. The lowest BCUT2D eigenvalue weighted by Gasteiger charge is -2.15. The van der Waals surface area contributed by atoms with Crippen LogP contribution in [0.25, 0.3) is 0 Å². The number of H-pyrrole nitrogens is 1. The standard InChI is InChI=1S/C25H19ClN6O4/c26-19-3-1-16(2-4-19)15-32-24(34)17(11-22(33)18-13-28-29-14-18)12-27-25(32)30-20-5-7-21(8-6-20)36-23-9-10-35-31-23/h1-10,12-14H,11,15H2,(H,27,30)(H,28,29). The van der Waals surface area contributed by atoms with Gasteiger partial charge in [0.05, 0.1) is 18.3 Å².